The Kier molecular flexibility index (Phi) is 5.02. The molecule has 1 heterocycles. The van der Waals surface area contributed by atoms with E-state index >= 15 is 0 Å². The number of benzene rings is 2. The molecule has 7 heteroatoms. The van der Waals surface area contributed by atoms with Gasteiger partial charge in [0, 0.05) is 5.56 Å². The second-order valence-corrected chi connectivity index (χ2v) is 5.63. The highest BCUT2D eigenvalue weighted by atomic mass is 32.1. The molecule has 1 aromatic heterocycles. The second kappa shape index (κ2) is 7.55. The van der Waals surface area contributed by atoms with Crippen molar-refractivity contribution in [1.29, 1.82) is 5.26 Å². The summed E-state index contributed by atoms with van der Waals surface area (Å²) in [4.78, 5) is 0. The first-order valence-electron chi connectivity index (χ1n) is 7.56. The van der Waals surface area contributed by atoms with Gasteiger partial charge >= 0.3 is 0 Å². The van der Waals surface area contributed by atoms with Crippen molar-refractivity contribution in [1.82, 2.24) is 14.9 Å². The maximum atomic E-state index is 8.52. The van der Waals surface area contributed by atoms with Crippen LogP contribution >= 0.6 is 12.2 Å². The zero-order chi connectivity index (χ0) is 17.6. The fourth-order valence-corrected chi connectivity index (χ4v) is 2.47. The van der Waals surface area contributed by atoms with Crippen LogP contribution in [0.3, 0.4) is 0 Å². The number of aromatic amines is 1. The van der Waals surface area contributed by atoms with Gasteiger partial charge < -0.3 is 4.74 Å². The first-order chi connectivity index (χ1) is 12.2. The van der Waals surface area contributed by atoms with Crippen molar-refractivity contribution in [2.24, 2.45) is 5.10 Å². The van der Waals surface area contributed by atoms with Crippen LogP contribution in [0, 0.1) is 23.0 Å². The van der Waals surface area contributed by atoms with Crippen molar-refractivity contribution in [2.75, 3.05) is 6.61 Å². The number of aryl methyl sites for hydroxylation is 1. The smallest absolute Gasteiger partial charge is 0.216 e. The lowest BCUT2D eigenvalue weighted by molar-refractivity contribution is 0.368. The molecule has 0 spiro atoms. The maximum absolute atomic E-state index is 8.52. The summed E-state index contributed by atoms with van der Waals surface area (Å²) < 4.78 is 7.24. The van der Waals surface area contributed by atoms with Crippen molar-refractivity contribution in [3.8, 4) is 23.2 Å². The van der Waals surface area contributed by atoms with Gasteiger partial charge in [0.1, 0.15) is 11.8 Å². The minimum Gasteiger partial charge on any atom is -0.479 e. The first kappa shape index (κ1) is 16.6. The Morgan fingerprint density at radius 3 is 2.76 bits per heavy atom. The fourth-order valence-electron chi connectivity index (χ4n) is 2.29. The van der Waals surface area contributed by atoms with Crippen molar-refractivity contribution < 1.29 is 4.74 Å². The van der Waals surface area contributed by atoms with Gasteiger partial charge in [-0.1, -0.05) is 24.3 Å². The zero-order valence-electron chi connectivity index (χ0n) is 13.5. The van der Waals surface area contributed by atoms with Crippen LogP contribution in [0.2, 0.25) is 0 Å². The second-order valence-electron chi connectivity index (χ2n) is 5.24. The molecule has 1 N–H and O–H groups in total. The Morgan fingerprint density at radius 2 is 2.04 bits per heavy atom. The van der Waals surface area contributed by atoms with Crippen LogP contribution in [0.25, 0.3) is 11.4 Å². The van der Waals surface area contributed by atoms with Crippen molar-refractivity contribution in [2.45, 2.75) is 6.92 Å². The van der Waals surface area contributed by atoms with E-state index in [0.29, 0.717) is 16.3 Å². The lowest BCUT2D eigenvalue weighted by Crippen LogP contribution is -1.97. The van der Waals surface area contributed by atoms with E-state index in [4.69, 9.17) is 22.2 Å². The van der Waals surface area contributed by atoms with E-state index in [-0.39, 0.29) is 6.61 Å². The Bertz CT molecular complexity index is 995. The van der Waals surface area contributed by atoms with Crippen LogP contribution in [0.1, 0.15) is 11.1 Å². The van der Waals surface area contributed by atoms with Gasteiger partial charge in [-0.15, -0.1) is 0 Å². The van der Waals surface area contributed by atoms with Gasteiger partial charge in [0.15, 0.2) is 12.4 Å². The molecule has 0 unspecified atom stereocenters. The molecule has 0 aliphatic heterocycles. The summed E-state index contributed by atoms with van der Waals surface area (Å²) in [5.74, 6) is 1.30. The molecular weight excluding hydrogens is 334 g/mol. The van der Waals surface area contributed by atoms with Gasteiger partial charge in [-0.25, -0.2) is 5.10 Å². The Labute approximate surface area is 150 Å². The summed E-state index contributed by atoms with van der Waals surface area (Å²) >= 11 is 5.28. The summed E-state index contributed by atoms with van der Waals surface area (Å²) in [5.41, 5.74) is 2.93. The van der Waals surface area contributed by atoms with Gasteiger partial charge in [0.25, 0.3) is 0 Å². The Morgan fingerprint density at radius 1 is 1.28 bits per heavy atom. The van der Waals surface area contributed by atoms with E-state index < -0.39 is 0 Å². The molecule has 0 fully saturated rings. The molecule has 25 heavy (non-hydrogen) atoms. The fraction of sp³-hybridized carbons (Fsp3) is 0.111. The number of nitrogens with zero attached hydrogens (tertiary/aromatic N) is 4. The summed E-state index contributed by atoms with van der Waals surface area (Å²) in [7, 11) is 0. The Balaban J connectivity index is 1.88. The normalized spacial score (nSPS) is 10.7. The lowest BCUT2D eigenvalue weighted by Gasteiger charge is -2.04. The van der Waals surface area contributed by atoms with Crippen molar-refractivity contribution in [3.63, 3.8) is 0 Å². The van der Waals surface area contributed by atoms with E-state index in [1.165, 1.54) is 0 Å². The van der Waals surface area contributed by atoms with Gasteiger partial charge in [-0.3, -0.25) is 0 Å². The van der Waals surface area contributed by atoms with E-state index in [1.54, 1.807) is 23.0 Å². The molecule has 2 aromatic carbocycles. The van der Waals surface area contributed by atoms with Crippen LogP contribution in [0.15, 0.2) is 53.6 Å². The van der Waals surface area contributed by atoms with Crippen molar-refractivity contribution >= 4 is 18.4 Å². The van der Waals surface area contributed by atoms with Crippen LogP contribution < -0.4 is 4.74 Å². The molecule has 0 saturated heterocycles. The Hall–Kier alpha value is -3.24. The number of rotatable bonds is 5. The van der Waals surface area contributed by atoms with Crippen LogP contribution in [0.5, 0.6) is 5.75 Å². The molecule has 0 atom stereocenters. The van der Waals surface area contributed by atoms with Gasteiger partial charge in [-0.05, 0) is 54.5 Å². The predicted molar refractivity (Wildman–Crippen MR) is 98.1 cm³/mol. The minimum atomic E-state index is 0.0252. The van der Waals surface area contributed by atoms with Crippen LogP contribution in [0.4, 0.5) is 0 Å². The van der Waals surface area contributed by atoms with E-state index in [1.807, 2.05) is 49.4 Å². The van der Waals surface area contributed by atoms with Gasteiger partial charge in [0.05, 0.1) is 6.21 Å². The molecule has 0 bridgehead atoms. The summed E-state index contributed by atoms with van der Waals surface area (Å²) in [5, 5.41) is 20.0. The van der Waals surface area contributed by atoms with Crippen LogP contribution in [-0.4, -0.2) is 27.7 Å². The number of hydrogen-bond donors (Lipinski definition) is 1. The number of H-pyrrole nitrogens is 1. The third-order valence-corrected chi connectivity index (χ3v) is 3.81. The molecular formula is C18H15N5OS. The molecule has 3 rings (SSSR count). The molecule has 3 aromatic rings. The first-order valence-corrected chi connectivity index (χ1v) is 7.97. The van der Waals surface area contributed by atoms with E-state index in [0.717, 1.165) is 16.7 Å². The van der Waals surface area contributed by atoms with Crippen LogP contribution in [-0.2, 0) is 0 Å². The van der Waals surface area contributed by atoms with Gasteiger partial charge in [0.2, 0.25) is 4.77 Å². The lowest BCUT2D eigenvalue weighted by atomic mass is 10.1. The number of nitrogens with one attached hydrogen (secondary N) is 1. The highest BCUT2D eigenvalue weighted by molar-refractivity contribution is 7.71. The monoisotopic (exact) mass is 349 g/mol. The number of ether oxygens (including phenoxy) is 1. The standard InChI is InChI=1S/C18H15N5OS/c1-13-4-2-3-5-16(13)17-21-22-18(25)23(17)20-12-14-6-8-15(9-7-14)24-11-10-19/h2-9,12H,11H2,1H3,(H,22,25)/b20-12-. The maximum Gasteiger partial charge on any atom is 0.216 e. The molecule has 0 saturated carbocycles. The summed E-state index contributed by atoms with van der Waals surface area (Å²) in [6.45, 7) is 2.04. The van der Waals surface area contributed by atoms with Gasteiger partial charge in [-0.2, -0.15) is 20.1 Å². The molecule has 6 nitrogen and oxygen atoms in total. The summed E-state index contributed by atoms with van der Waals surface area (Å²) in [6, 6.07) is 17.1. The van der Waals surface area contributed by atoms with E-state index in [2.05, 4.69) is 15.3 Å². The SMILES string of the molecule is Cc1ccccc1-c1n[nH]c(=S)n1/N=C\c1ccc(OCC#N)cc1. The average molecular weight is 349 g/mol. The topological polar surface area (TPSA) is 79.0 Å². The predicted octanol–water partition coefficient (Wildman–Crippen LogP) is 3.70. The molecule has 0 aliphatic carbocycles. The third kappa shape index (κ3) is 3.82. The highest BCUT2D eigenvalue weighted by Crippen LogP contribution is 2.21. The minimum absolute atomic E-state index is 0.0252. The summed E-state index contributed by atoms with van der Waals surface area (Å²) in [6.07, 6.45) is 1.70. The largest absolute Gasteiger partial charge is 0.479 e. The average Bonchev–Trinajstić information content (AvgIpc) is 3.00. The molecule has 0 radical (unpaired) electrons. The zero-order valence-corrected chi connectivity index (χ0v) is 14.3. The highest BCUT2D eigenvalue weighted by Gasteiger charge is 2.09. The van der Waals surface area contributed by atoms with Crippen molar-refractivity contribution in [3.05, 3.63) is 64.4 Å². The number of aromatic nitrogens is 3. The molecule has 124 valence electrons. The quantitative estimate of drug-likeness (QED) is 0.563. The molecule has 0 amide bonds. The van der Waals surface area contributed by atoms with E-state index in [9.17, 15) is 0 Å². The molecule has 0 aliphatic rings. The number of hydrogen-bond acceptors (Lipinski definition) is 5. The number of nitriles is 1. The third-order valence-electron chi connectivity index (χ3n) is 3.54.